The lowest BCUT2D eigenvalue weighted by molar-refractivity contribution is 0.228. The molecule has 30 heavy (non-hydrogen) atoms. The highest BCUT2D eigenvalue weighted by Crippen LogP contribution is 2.37. The Balaban J connectivity index is 1.31. The number of imidazole rings is 1. The Morgan fingerprint density at radius 2 is 1.97 bits per heavy atom. The smallest absolute Gasteiger partial charge is 0.180 e. The average molecular weight is 405 g/mol. The van der Waals surface area contributed by atoms with E-state index in [4.69, 9.17) is 5.73 Å². The van der Waals surface area contributed by atoms with Gasteiger partial charge in [0.1, 0.15) is 11.6 Å². The molecule has 1 unspecified atom stereocenters. The molecule has 2 aliphatic rings. The van der Waals surface area contributed by atoms with Crippen LogP contribution in [-0.2, 0) is 13.0 Å². The molecule has 6 nitrogen and oxygen atoms in total. The number of fused-ring (bicyclic) bond motifs is 2. The predicted molar refractivity (Wildman–Crippen MR) is 122 cm³/mol. The quantitative estimate of drug-likeness (QED) is 0.580. The lowest BCUT2D eigenvalue weighted by atomic mass is 9.89. The number of anilines is 2. The number of hydrogen-bond donors (Lipinski definition) is 3. The largest absolute Gasteiger partial charge is 0.384 e. The fourth-order valence-electron chi connectivity index (χ4n) is 5.31. The molecule has 0 bridgehead atoms. The van der Waals surface area contributed by atoms with E-state index in [9.17, 15) is 0 Å². The highest BCUT2D eigenvalue weighted by Gasteiger charge is 2.26. The second-order valence-corrected chi connectivity index (χ2v) is 9.25. The van der Waals surface area contributed by atoms with Crippen LogP contribution in [0.1, 0.15) is 60.7 Å². The zero-order valence-corrected chi connectivity index (χ0v) is 18.0. The van der Waals surface area contributed by atoms with Gasteiger partial charge in [-0.3, -0.25) is 0 Å². The summed E-state index contributed by atoms with van der Waals surface area (Å²) in [5, 5.41) is 3.68. The fourth-order valence-corrected chi connectivity index (χ4v) is 5.31. The van der Waals surface area contributed by atoms with E-state index in [1.165, 1.54) is 55.5 Å². The van der Waals surface area contributed by atoms with Crippen molar-refractivity contribution in [2.45, 2.75) is 58.0 Å². The standard InChI is InChI=1S/C24H32N6/c1-15-26-23-19(12-22(25)29-24(23)27-15)21-11-18-10-17(8-9-20(18)28-21)14-30(2)13-16-6-4-3-5-7-16/h8-10,12,16,21,28H,3-7,11,13-14H2,1-2H3,(H3,25,26,27,29). The number of nitrogens with two attached hydrogens (primary N) is 1. The summed E-state index contributed by atoms with van der Waals surface area (Å²) in [5.41, 5.74) is 12.9. The van der Waals surface area contributed by atoms with E-state index < -0.39 is 0 Å². The molecule has 0 radical (unpaired) electrons. The summed E-state index contributed by atoms with van der Waals surface area (Å²) < 4.78 is 0. The number of nitrogens with zero attached hydrogens (tertiary/aromatic N) is 3. The molecule has 1 aliphatic carbocycles. The third-order valence-electron chi connectivity index (χ3n) is 6.68. The lowest BCUT2D eigenvalue weighted by Crippen LogP contribution is -2.26. The number of hydrogen-bond acceptors (Lipinski definition) is 5. The molecule has 0 spiro atoms. The number of benzene rings is 1. The molecular formula is C24H32N6. The Morgan fingerprint density at radius 1 is 1.13 bits per heavy atom. The van der Waals surface area contributed by atoms with Gasteiger partial charge < -0.3 is 20.9 Å². The SMILES string of the molecule is Cc1nc2nc(N)cc(C3Cc4cc(CN(C)CC5CCCCC5)ccc4N3)c2[nH]1. The van der Waals surface area contributed by atoms with Crippen molar-refractivity contribution >= 4 is 22.7 Å². The summed E-state index contributed by atoms with van der Waals surface area (Å²) in [6.07, 6.45) is 7.99. The van der Waals surface area contributed by atoms with Crippen molar-refractivity contribution in [3.05, 3.63) is 46.8 Å². The minimum atomic E-state index is 0.183. The molecule has 5 rings (SSSR count). The van der Waals surface area contributed by atoms with Crippen LogP contribution >= 0.6 is 0 Å². The van der Waals surface area contributed by atoms with Gasteiger partial charge in [-0.2, -0.15) is 0 Å². The number of aromatic amines is 1. The van der Waals surface area contributed by atoms with Crippen LogP contribution in [0.2, 0.25) is 0 Å². The average Bonchev–Trinajstić information content (AvgIpc) is 3.30. The summed E-state index contributed by atoms with van der Waals surface area (Å²) in [6.45, 7) is 4.18. The molecule has 0 amide bonds. The maximum absolute atomic E-state index is 6.06. The first kappa shape index (κ1) is 19.4. The third kappa shape index (κ3) is 3.88. The van der Waals surface area contributed by atoms with Crippen LogP contribution in [-0.4, -0.2) is 33.4 Å². The number of H-pyrrole nitrogens is 1. The zero-order chi connectivity index (χ0) is 20.7. The Kier molecular flexibility index (Phi) is 5.11. The third-order valence-corrected chi connectivity index (χ3v) is 6.68. The van der Waals surface area contributed by atoms with Gasteiger partial charge in [-0.1, -0.05) is 31.4 Å². The van der Waals surface area contributed by atoms with Crippen molar-refractivity contribution in [1.82, 2.24) is 19.9 Å². The van der Waals surface area contributed by atoms with E-state index in [1.807, 2.05) is 13.0 Å². The molecule has 1 atom stereocenters. The fraction of sp³-hybridized carbons (Fsp3) is 0.500. The zero-order valence-electron chi connectivity index (χ0n) is 18.0. The Labute approximate surface area is 178 Å². The van der Waals surface area contributed by atoms with Crippen molar-refractivity contribution in [2.75, 3.05) is 24.6 Å². The van der Waals surface area contributed by atoms with E-state index in [1.54, 1.807) is 0 Å². The van der Waals surface area contributed by atoms with E-state index in [-0.39, 0.29) is 6.04 Å². The van der Waals surface area contributed by atoms with Crippen LogP contribution in [0.15, 0.2) is 24.3 Å². The summed E-state index contributed by atoms with van der Waals surface area (Å²) in [6, 6.07) is 9.03. The molecule has 1 saturated carbocycles. The van der Waals surface area contributed by atoms with Crippen LogP contribution in [0, 0.1) is 12.8 Å². The molecule has 2 aromatic heterocycles. The number of pyridine rings is 1. The minimum Gasteiger partial charge on any atom is -0.384 e. The van der Waals surface area contributed by atoms with Crippen molar-refractivity contribution in [2.24, 2.45) is 5.92 Å². The van der Waals surface area contributed by atoms with Gasteiger partial charge >= 0.3 is 0 Å². The van der Waals surface area contributed by atoms with Crippen LogP contribution < -0.4 is 11.1 Å². The minimum absolute atomic E-state index is 0.183. The summed E-state index contributed by atoms with van der Waals surface area (Å²) in [5.74, 6) is 2.26. The molecule has 1 fully saturated rings. The summed E-state index contributed by atoms with van der Waals surface area (Å²) in [4.78, 5) is 14.7. The number of nitrogen functional groups attached to an aromatic ring is 1. The molecule has 158 valence electrons. The second-order valence-electron chi connectivity index (χ2n) is 9.25. The van der Waals surface area contributed by atoms with Gasteiger partial charge in [0, 0.05) is 24.3 Å². The molecule has 0 saturated heterocycles. The maximum atomic E-state index is 6.06. The van der Waals surface area contributed by atoms with Gasteiger partial charge in [0.15, 0.2) is 5.65 Å². The van der Waals surface area contributed by atoms with Crippen LogP contribution in [0.4, 0.5) is 11.5 Å². The van der Waals surface area contributed by atoms with Gasteiger partial charge in [-0.15, -0.1) is 0 Å². The first-order chi connectivity index (χ1) is 14.5. The van der Waals surface area contributed by atoms with E-state index >= 15 is 0 Å². The predicted octanol–water partition coefficient (Wildman–Crippen LogP) is 4.57. The van der Waals surface area contributed by atoms with E-state index in [0.717, 1.165) is 35.8 Å². The van der Waals surface area contributed by atoms with Gasteiger partial charge in [0.25, 0.3) is 0 Å². The van der Waals surface area contributed by atoms with E-state index in [2.05, 4.69) is 50.4 Å². The maximum Gasteiger partial charge on any atom is 0.180 e. The first-order valence-corrected chi connectivity index (χ1v) is 11.2. The molecule has 4 N–H and O–H groups in total. The van der Waals surface area contributed by atoms with Gasteiger partial charge in [0.05, 0.1) is 11.6 Å². The van der Waals surface area contributed by atoms with Crippen molar-refractivity contribution in [3.63, 3.8) is 0 Å². The highest BCUT2D eigenvalue weighted by atomic mass is 15.1. The van der Waals surface area contributed by atoms with E-state index in [0.29, 0.717) is 11.5 Å². The van der Waals surface area contributed by atoms with Gasteiger partial charge in [0.2, 0.25) is 0 Å². The van der Waals surface area contributed by atoms with Crippen molar-refractivity contribution in [1.29, 1.82) is 0 Å². The second kappa shape index (κ2) is 7.91. The van der Waals surface area contributed by atoms with Crippen molar-refractivity contribution in [3.8, 4) is 0 Å². The number of rotatable bonds is 5. The molecule has 3 heterocycles. The lowest BCUT2D eigenvalue weighted by Gasteiger charge is -2.27. The first-order valence-electron chi connectivity index (χ1n) is 11.2. The highest BCUT2D eigenvalue weighted by molar-refractivity contribution is 5.79. The molecule has 3 aromatic rings. The van der Waals surface area contributed by atoms with Crippen molar-refractivity contribution < 1.29 is 0 Å². The number of nitrogens with one attached hydrogen (secondary N) is 2. The Morgan fingerprint density at radius 3 is 2.80 bits per heavy atom. The molecular weight excluding hydrogens is 372 g/mol. The molecule has 1 aromatic carbocycles. The Bertz CT molecular complexity index is 1050. The Hall–Kier alpha value is -2.60. The normalized spacial score (nSPS) is 19.4. The van der Waals surface area contributed by atoms with Crippen LogP contribution in [0.3, 0.4) is 0 Å². The van der Waals surface area contributed by atoms with Gasteiger partial charge in [-0.05, 0) is 62.4 Å². The number of aromatic nitrogens is 3. The topological polar surface area (TPSA) is 82.9 Å². The van der Waals surface area contributed by atoms with Gasteiger partial charge in [-0.25, -0.2) is 9.97 Å². The molecule has 1 aliphatic heterocycles. The summed E-state index contributed by atoms with van der Waals surface area (Å²) in [7, 11) is 2.26. The summed E-state index contributed by atoms with van der Waals surface area (Å²) >= 11 is 0. The van der Waals surface area contributed by atoms with Crippen LogP contribution in [0.5, 0.6) is 0 Å². The monoisotopic (exact) mass is 404 g/mol. The number of aryl methyl sites for hydroxylation is 1. The molecule has 6 heteroatoms. The van der Waals surface area contributed by atoms with Crippen LogP contribution in [0.25, 0.3) is 11.2 Å².